The van der Waals surface area contributed by atoms with Crippen molar-refractivity contribution < 1.29 is 9.84 Å². The molecule has 1 heterocycles. The first-order valence-electron chi connectivity index (χ1n) is 14.6. The normalized spacial score (nSPS) is 19.9. The Labute approximate surface area is 233 Å². The lowest BCUT2D eigenvalue weighted by atomic mass is 9.79. The van der Waals surface area contributed by atoms with E-state index >= 15 is 0 Å². The van der Waals surface area contributed by atoms with Crippen LogP contribution in [-0.4, -0.2) is 29.6 Å². The molecule has 39 heavy (non-hydrogen) atoms. The largest absolute Gasteiger partial charge is 0.489 e. The van der Waals surface area contributed by atoms with Gasteiger partial charge in [0, 0.05) is 0 Å². The fraction of sp³-hybridized carbons (Fsp3) is 0.333. The molecule has 3 heteroatoms. The minimum atomic E-state index is -0.386. The number of aliphatic hydroxyl groups excluding tert-OH is 1. The van der Waals surface area contributed by atoms with Gasteiger partial charge < -0.3 is 14.7 Å². The Kier molecular flexibility index (Phi) is 8.08. The van der Waals surface area contributed by atoms with E-state index in [9.17, 15) is 5.11 Å². The number of hydrogen-bond acceptors (Lipinski definition) is 3. The number of likely N-dealkylation sites (tertiary alicyclic amines) is 1. The molecule has 0 saturated carbocycles. The molecule has 0 spiro atoms. The van der Waals surface area contributed by atoms with Gasteiger partial charge in [-0.05, 0) is 109 Å². The summed E-state index contributed by atoms with van der Waals surface area (Å²) in [6.07, 6.45) is 5.19. The molecule has 1 aliphatic heterocycles. The van der Waals surface area contributed by atoms with E-state index in [1.54, 1.807) is 0 Å². The Morgan fingerprint density at radius 3 is 2.28 bits per heavy atom. The molecule has 3 nitrogen and oxygen atoms in total. The van der Waals surface area contributed by atoms with Gasteiger partial charge in [0.25, 0.3) is 0 Å². The van der Waals surface area contributed by atoms with Gasteiger partial charge in [-0.3, -0.25) is 0 Å². The van der Waals surface area contributed by atoms with Crippen LogP contribution in [0.4, 0.5) is 0 Å². The van der Waals surface area contributed by atoms with Gasteiger partial charge in [-0.25, -0.2) is 0 Å². The van der Waals surface area contributed by atoms with Crippen molar-refractivity contribution in [3.8, 4) is 16.9 Å². The molecule has 0 aromatic heterocycles. The van der Waals surface area contributed by atoms with Crippen LogP contribution in [0.1, 0.15) is 60.0 Å². The van der Waals surface area contributed by atoms with Crippen molar-refractivity contribution in [1.82, 2.24) is 4.90 Å². The van der Waals surface area contributed by atoms with Gasteiger partial charge in [0.2, 0.25) is 0 Å². The maximum absolute atomic E-state index is 11.2. The third-order valence-corrected chi connectivity index (χ3v) is 8.84. The van der Waals surface area contributed by atoms with E-state index in [2.05, 4.69) is 95.9 Å². The maximum Gasteiger partial charge on any atom is 0.120 e. The van der Waals surface area contributed by atoms with Crippen LogP contribution in [0.15, 0.2) is 103 Å². The average Bonchev–Trinajstić information content (AvgIpc) is 3.01. The number of ether oxygens (including phenoxy) is 1. The molecule has 1 saturated heterocycles. The van der Waals surface area contributed by atoms with Gasteiger partial charge in [0.1, 0.15) is 12.4 Å². The first-order valence-corrected chi connectivity index (χ1v) is 14.6. The number of fused-ring (bicyclic) bond motifs is 1. The zero-order valence-corrected chi connectivity index (χ0v) is 22.7. The molecule has 1 unspecified atom stereocenters. The topological polar surface area (TPSA) is 32.7 Å². The monoisotopic (exact) mass is 517 g/mol. The zero-order valence-electron chi connectivity index (χ0n) is 22.7. The number of benzene rings is 4. The summed E-state index contributed by atoms with van der Waals surface area (Å²) < 4.78 is 6.26. The van der Waals surface area contributed by atoms with Gasteiger partial charge in [-0.2, -0.15) is 0 Å². The first kappa shape index (κ1) is 25.9. The lowest BCUT2D eigenvalue weighted by molar-refractivity contribution is 0.0771. The Morgan fingerprint density at radius 2 is 1.49 bits per heavy atom. The maximum atomic E-state index is 11.2. The predicted octanol–water partition coefficient (Wildman–Crippen LogP) is 7.80. The van der Waals surface area contributed by atoms with Crippen molar-refractivity contribution in [3.05, 3.63) is 125 Å². The van der Waals surface area contributed by atoms with Crippen LogP contribution in [-0.2, 0) is 13.0 Å². The molecule has 6 rings (SSSR count). The Balaban J connectivity index is 1.03. The molecular weight excluding hydrogens is 478 g/mol. The number of rotatable bonds is 8. The van der Waals surface area contributed by atoms with Gasteiger partial charge in [0.05, 0.1) is 6.10 Å². The van der Waals surface area contributed by atoms with E-state index in [-0.39, 0.29) is 6.10 Å². The molecule has 0 amide bonds. The lowest BCUT2D eigenvalue weighted by Crippen LogP contribution is -2.35. The Morgan fingerprint density at radius 1 is 0.769 bits per heavy atom. The van der Waals surface area contributed by atoms with E-state index in [0.29, 0.717) is 18.4 Å². The zero-order chi connectivity index (χ0) is 26.4. The number of aliphatic hydroxyl groups is 1. The summed E-state index contributed by atoms with van der Waals surface area (Å²) in [5.41, 5.74) is 7.40. The van der Waals surface area contributed by atoms with Crippen molar-refractivity contribution in [1.29, 1.82) is 0 Å². The van der Waals surface area contributed by atoms with Crippen LogP contribution in [0, 0.1) is 5.92 Å². The molecule has 200 valence electrons. The average molecular weight is 518 g/mol. The summed E-state index contributed by atoms with van der Waals surface area (Å²) in [7, 11) is 0. The van der Waals surface area contributed by atoms with Gasteiger partial charge >= 0.3 is 0 Å². The molecule has 4 aromatic carbocycles. The molecule has 4 aromatic rings. The highest BCUT2D eigenvalue weighted by Crippen LogP contribution is 2.38. The van der Waals surface area contributed by atoms with Crippen molar-refractivity contribution in [2.45, 2.75) is 50.7 Å². The van der Waals surface area contributed by atoms with Gasteiger partial charge in [-0.15, -0.1) is 0 Å². The SMILES string of the molecule is OC1c2ccc(OCc3ccccc3-c3ccccc3)cc2CC[C@@H]1CCN1CCC(c2ccccc2)CC1. The lowest BCUT2D eigenvalue weighted by Gasteiger charge is -2.35. The number of hydrogen-bond donors (Lipinski definition) is 1. The standard InChI is InChI=1S/C36H39NO2/c38-36-30(21-24-37-22-19-28(20-23-37)27-9-3-1-4-10-27)15-16-31-25-33(17-18-35(31)36)39-26-32-13-7-8-14-34(32)29-11-5-2-6-12-29/h1-14,17-18,25,28,30,36,38H,15-16,19-24,26H2/t30-,36?/m1/s1. The van der Waals surface area contributed by atoms with Crippen molar-refractivity contribution in [3.63, 3.8) is 0 Å². The van der Waals surface area contributed by atoms with Gasteiger partial charge in [-0.1, -0.05) is 91.0 Å². The third-order valence-electron chi connectivity index (χ3n) is 8.84. The molecule has 0 bridgehead atoms. The van der Waals surface area contributed by atoms with E-state index < -0.39 is 0 Å². The molecule has 1 aliphatic carbocycles. The Hall–Kier alpha value is -3.40. The van der Waals surface area contributed by atoms with E-state index in [4.69, 9.17) is 4.74 Å². The highest BCUT2D eigenvalue weighted by Gasteiger charge is 2.29. The second-order valence-corrected chi connectivity index (χ2v) is 11.2. The smallest absolute Gasteiger partial charge is 0.120 e. The van der Waals surface area contributed by atoms with Crippen LogP contribution >= 0.6 is 0 Å². The summed E-state index contributed by atoms with van der Waals surface area (Å²) in [6.45, 7) is 3.93. The van der Waals surface area contributed by atoms with Crippen molar-refractivity contribution >= 4 is 0 Å². The van der Waals surface area contributed by atoms with E-state index in [1.807, 2.05) is 12.1 Å². The highest BCUT2D eigenvalue weighted by molar-refractivity contribution is 5.67. The van der Waals surface area contributed by atoms with Crippen molar-refractivity contribution in [2.24, 2.45) is 5.92 Å². The minimum absolute atomic E-state index is 0.328. The molecule has 1 fully saturated rings. The predicted molar refractivity (Wildman–Crippen MR) is 159 cm³/mol. The van der Waals surface area contributed by atoms with Crippen LogP contribution in [0.2, 0.25) is 0 Å². The second-order valence-electron chi connectivity index (χ2n) is 11.2. The molecular formula is C36H39NO2. The molecule has 1 N–H and O–H groups in total. The van der Waals surface area contributed by atoms with Crippen LogP contribution in [0.25, 0.3) is 11.1 Å². The molecule has 2 atom stereocenters. The molecule has 0 radical (unpaired) electrons. The summed E-state index contributed by atoms with van der Waals surface area (Å²) in [6, 6.07) is 36.2. The summed E-state index contributed by atoms with van der Waals surface area (Å²) in [5, 5.41) is 11.2. The second kappa shape index (κ2) is 12.2. The number of aryl methyl sites for hydroxylation is 1. The van der Waals surface area contributed by atoms with Crippen LogP contribution in [0.3, 0.4) is 0 Å². The van der Waals surface area contributed by atoms with E-state index in [1.165, 1.54) is 40.7 Å². The highest BCUT2D eigenvalue weighted by atomic mass is 16.5. The quantitative estimate of drug-likeness (QED) is 0.259. The fourth-order valence-corrected chi connectivity index (χ4v) is 6.50. The Bertz CT molecular complexity index is 1350. The van der Waals surface area contributed by atoms with Crippen molar-refractivity contribution in [2.75, 3.05) is 19.6 Å². The summed E-state index contributed by atoms with van der Waals surface area (Å²) in [4.78, 5) is 2.60. The number of piperidine rings is 1. The fourth-order valence-electron chi connectivity index (χ4n) is 6.50. The first-order chi connectivity index (χ1) is 19.2. The minimum Gasteiger partial charge on any atom is -0.489 e. The van der Waals surface area contributed by atoms with E-state index in [0.717, 1.165) is 50.2 Å². The van der Waals surface area contributed by atoms with Crippen LogP contribution < -0.4 is 4.74 Å². The summed E-state index contributed by atoms with van der Waals surface area (Å²) in [5.74, 6) is 1.90. The van der Waals surface area contributed by atoms with Gasteiger partial charge in [0.15, 0.2) is 0 Å². The third kappa shape index (κ3) is 6.11. The summed E-state index contributed by atoms with van der Waals surface area (Å²) >= 11 is 0. The van der Waals surface area contributed by atoms with Crippen LogP contribution in [0.5, 0.6) is 5.75 Å². The molecule has 2 aliphatic rings. The number of nitrogens with zero attached hydrogens (tertiary/aromatic N) is 1.